The molecule has 1 N–H and O–H groups in total. The van der Waals surface area contributed by atoms with Crippen LogP contribution < -0.4 is 5.32 Å². The normalized spacial score (nSPS) is 12.6. The van der Waals surface area contributed by atoms with Gasteiger partial charge in [0, 0.05) is 5.02 Å². The molecule has 1 aromatic heterocycles. The molecule has 10 heteroatoms. The Kier molecular flexibility index (Phi) is 5.36. The molecule has 0 aliphatic carbocycles. The van der Waals surface area contributed by atoms with Crippen LogP contribution in [0, 0.1) is 0 Å². The largest absolute Gasteiger partial charge is 0.467 e. The van der Waals surface area contributed by atoms with Crippen LogP contribution in [0.25, 0.3) is 5.69 Å². The van der Waals surface area contributed by atoms with Crippen LogP contribution in [-0.4, -0.2) is 34.8 Å². The van der Waals surface area contributed by atoms with Crippen molar-refractivity contribution in [1.29, 1.82) is 0 Å². The van der Waals surface area contributed by atoms with Crippen molar-refractivity contribution < 1.29 is 27.5 Å². The molecule has 2 rings (SSSR count). The molecule has 0 aliphatic rings. The van der Waals surface area contributed by atoms with Crippen LogP contribution >= 0.6 is 11.6 Å². The molecule has 0 bridgehead atoms. The van der Waals surface area contributed by atoms with E-state index in [4.69, 9.17) is 11.6 Å². The van der Waals surface area contributed by atoms with Crippen LogP contribution in [0.5, 0.6) is 0 Å². The van der Waals surface area contributed by atoms with Gasteiger partial charge in [-0.1, -0.05) is 11.6 Å². The maximum absolute atomic E-state index is 13.5. The molecule has 1 aromatic carbocycles. The highest BCUT2D eigenvalue weighted by atomic mass is 35.5. The van der Waals surface area contributed by atoms with E-state index >= 15 is 0 Å². The van der Waals surface area contributed by atoms with E-state index < -0.39 is 35.4 Å². The summed E-state index contributed by atoms with van der Waals surface area (Å²) in [7, 11) is 1.10. The minimum Gasteiger partial charge on any atom is -0.467 e. The van der Waals surface area contributed by atoms with Crippen molar-refractivity contribution >= 4 is 23.5 Å². The first kappa shape index (κ1) is 18.8. The van der Waals surface area contributed by atoms with E-state index in [2.05, 4.69) is 15.2 Å². The van der Waals surface area contributed by atoms with E-state index in [1.807, 2.05) is 0 Å². The van der Waals surface area contributed by atoms with Gasteiger partial charge in [0.15, 0.2) is 5.69 Å². The smallest absolute Gasteiger partial charge is 0.434 e. The molecular formula is C15H13ClF3N3O3. The van der Waals surface area contributed by atoms with Crippen molar-refractivity contribution in [2.75, 3.05) is 7.11 Å². The number of esters is 1. The van der Waals surface area contributed by atoms with Crippen molar-refractivity contribution in [1.82, 2.24) is 15.1 Å². The molecule has 0 radical (unpaired) electrons. The fraction of sp³-hybridized carbons (Fsp3) is 0.267. The Morgan fingerprint density at radius 3 is 2.40 bits per heavy atom. The Labute approximate surface area is 145 Å². The first-order chi connectivity index (χ1) is 11.6. The SMILES string of the molecule is COC(=O)C(C)NC(=O)c1cnn(-c2ccc(Cl)cc2)c1C(F)(F)F. The average Bonchev–Trinajstić information content (AvgIpc) is 3.00. The van der Waals surface area contributed by atoms with Crippen molar-refractivity contribution in [2.45, 2.75) is 19.1 Å². The Balaban J connectivity index is 2.44. The summed E-state index contributed by atoms with van der Waals surface area (Å²) in [6.45, 7) is 1.29. The Morgan fingerprint density at radius 1 is 1.28 bits per heavy atom. The van der Waals surface area contributed by atoms with Gasteiger partial charge in [-0.2, -0.15) is 18.3 Å². The minimum atomic E-state index is -4.85. The Bertz CT molecular complexity index is 788. The lowest BCUT2D eigenvalue weighted by molar-refractivity contribution is -0.143. The second kappa shape index (κ2) is 7.14. The molecule has 2 aromatic rings. The minimum absolute atomic E-state index is 0.0804. The number of hydrogen-bond donors (Lipinski definition) is 1. The van der Waals surface area contributed by atoms with E-state index in [0.717, 1.165) is 13.3 Å². The fourth-order valence-electron chi connectivity index (χ4n) is 2.08. The van der Waals surface area contributed by atoms with Gasteiger partial charge in [-0.15, -0.1) is 0 Å². The van der Waals surface area contributed by atoms with Gasteiger partial charge in [0.2, 0.25) is 0 Å². The van der Waals surface area contributed by atoms with Gasteiger partial charge in [0.25, 0.3) is 5.91 Å². The van der Waals surface area contributed by atoms with Crippen LogP contribution in [0.15, 0.2) is 30.5 Å². The third kappa shape index (κ3) is 4.11. The van der Waals surface area contributed by atoms with Gasteiger partial charge in [-0.3, -0.25) is 4.79 Å². The van der Waals surface area contributed by atoms with Crippen molar-refractivity contribution in [2.24, 2.45) is 0 Å². The van der Waals surface area contributed by atoms with E-state index in [1.165, 1.54) is 31.2 Å². The molecule has 0 fully saturated rings. The number of carbonyl (C=O) groups is 2. The quantitative estimate of drug-likeness (QED) is 0.834. The van der Waals surface area contributed by atoms with E-state index in [9.17, 15) is 22.8 Å². The highest BCUT2D eigenvalue weighted by molar-refractivity contribution is 6.30. The van der Waals surface area contributed by atoms with Gasteiger partial charge in [0.05, 0.1) is 24.6 Å². The van der Waals surface area contributed by atoms with Gasteiger partial charge >= 0.3 is 12.1 Å². The summed E-state index contributed by atoms with van der Waals surface area (Å²) < 4.78 is 45.4. The maximum Gasteiger partial charge on any atom is 0.434 e. The van der Waals surface area contributed by atoms with Crippen LogP contribution in [0.4, 0.5) is 13.2 Å². The lowest BCUT2D eigenvalue weighted by Crippen LogP contribution is -2.39. The van der Waals surface area contributed by atoms with E-state index in [-0.39, 0.29) is 5.69 Å². The van der Waals surface area contributed by atoms with E-state index in [1.54, 1.807) is 0 Å². The second-order valence-corrected chi connectivity index (χ2v) is 5.45. The van der Waals surface area contributed by atoms with Crippen molar-refractivity contribution in [3.05, 3.63) is 46.7 Å². The standard InChI is InChI=1S/C15H13ClF3N3O3/c1-8(14(24)25-2)21-13(23)11-7-20-22(12(11)15(17,18)19)10-5-3-9(16)4-6-10/h3-8H,1-2H3,(H,21,23). The maximum atomic E-state index is 13.5. The zero-order valence-corrected chi connectivity index (χ0v) is 13.9. The highest BCUT2D eigenvalue weighted by Crippen LogP contribution is 2.33. The number of alkyl halides is 3. The summed E-state index contributed by atoms with van der Waals surface area (Å²) in [6.07, 6.45) is -4.06. The van der Waals surface area contributed by atoms with Crippen molar-refractivity contribution in [3.8, 4) is 5.69 Å². The van der Waals surface area contributed by atoms with E-state index in [0.29, 0.717) is 9.70 Å². The summed E-state index contributed by atoms with van der Waals surface area (Å²) in [5.41, 5.74) is -1.89. The number of methoxy groups -OCH3 is 1. The molecule has 6 nitrogen and oxygen atoms in total. The number of rotatable bonds is 4. The van der Waals surface area contributed by atoms with Gasteiger partial charge < -0.3 is 10.1 Å². The molecule has 1 atom stereocenters. The number of nitrogens with one attached hydrogen (secondary N) is 1. The van der Waals surface area contributed by atoms with Crippen molar-refractivity contribution in [3.63, 3.8) is 0 Å². The molecule has 1 amide bonds. The summed E-state index contributed by atoms with van der Waals surface area (Å²) in [5.74, 6) is -1.88. The Hall–Kier alpha value is -2.55. The summed E-state index contributed by atoms with van der Waals surface area (Å²) >= 11 is 5.73. The topological polar surface area (TPSA) is 73.2 Å². The number of nitrogens with zero attached hydrogens (tertiary/aromatic N) is 2. The molecule has 0 aliphatic heterocycles. The molecule has 1 heterocycles. The molecular weight excluding hydrogens is 363 g/mol. The zero-order chi connectivity index (χ0) is 18.8. The molecule has 25 heavy (non-hydrogen) atoms. The third-order valence-corrected chi connectivity index (χ3v) is 3.51. The predicted octanol–water partition coefficient (Wildman–Crippen LogP) is 2.84. The van der Waals surface area contributed by atoms with Crippen LogP contribution in [0.1, 0.15) is 23.0 Å². The van der Waals surface area contributed by atoms with Crippen LogP contribution in [0.2, 0.25) is 5.02 Å². The first-order valence-corrected chi connectivity index (χ1v) is 7.32. The monoisotopic (exact) mass is 375 g/mol. The summed E-state index contributed by atoms with van der Waals surface area (Å²) in [4.78, 5) is 23.5. The number of hydrogen-bond acceptors (Lipinski definition) is 4. The molecule has 1 unspecified atom stereocenters. The lowest BCUT2D eigenvalue weighted by atomic mass is 10.2. The fourth-order valence-corrected chi connectivity index (χ4v) is 2.20. The molecule has 0 spiro atoms. The zero-order valence-electron chi connectivity index (χ0n) is 13.1. The number of carbonyl (C=O) groups excluding carboxylic acids is 2. The number of amides is 1. The first-order valence-electron chi connectivity index (χ1n) is 6.95. The molecule has 134 valence electrons. The number of benzene rings is 1. The molecule has 0 saturated carbocycles. The number of ether oxygens (including phenoxy) is 1. The van der Waals surface area contributed by atoms with Gasteiger partial charge in [-0.25, -0.2) is 9.48 Å². The predicted molar refractivity (Wildman–Crippen MR) is 82.5 cm³/mol. The summed E-state index contributed by atoms with van der Waals surface area (Å²) in [6, 6.07) is 4.36. The van der Waals surface area contributed by atoms with Gasteiger partial charge in [0.1, 0.15) is 6.04 Å². The average molecular weight is 376 g/mol. The van der Waals surface area contributed by atoms with Gasteiger partial charge in [-0.05, 0) is 31.2 Å². The molecule has 0 saturated heterocycles. The third-order valence-electron chi connectivity index (χ3n) is 3.26. The Morgan fingerprint density at radius 2 is 1.88 bits per heavy atom. The number of halogens is 4. The van der Waals surface area contributed by atoms with Crippen LogP contribution in [-0.2, 0) is 15.7 Å². The number of aromatic nitrogens is 2. The lowest BCUT2D eigenvalue weighted by Gasteiger charge is -2.14. The van der Waals surface area contributed by atoms with Crippen LogP contribution in [0.3, 0.4) is 0 Å². The highest BCUT2D eigenvalue weighted by Gasteiger charge is 2.41. The summed E-state index contributed by atoms with van der Waals surface area (Å²) in [5, 5.41) is 6.14. The second-order valence-electron chi connectivity index (χ2n) is 5.01.